The third-order valence-electron chi connectivity index (χ3n) is 5.95. The van der Waals surface area contributed by atoms with E-state index in [1.165, 1.54) is 5.69 Å². The first-order valence-electron chi connectivity index (χ1n) is 11.1. The van der Waals surface area contributed by atoms with E-state index in [1.54, 1.807) is 7.11 Å². The zero-order valence-corrected chi connectivity index (χ0v) is 18.9. The molecule has 1 saturated heterocycles. The number of amides is 1. The summed E-state index contributed by atoms with van der Waals surface area (Å²) in [6.45, 7) is 6.56. The molecular weight excluding hydrogens is 398 g/mol. The second-order valence-electron chi connectivity index (χ2n) is 8.27. The molecule has 3 aromatic rings. The molecule has 5 nitrogen and oxygen atoms in total. The van der Waals surface area contributed by atoms with Crippen molar-refractivity contribution in [3.63, 3.8) is 0 Å². The van der Waals surface area contributed by atoms with E-state index in [0.29, 0.717) is 13.1 Å². The minimum atomic E-state index is 0.134. The SMILES string of the molecule is COc1cccc(N2CCN(CC(=O)N(Cc3ccccc3)c3cccc(C)c3)CC2)c1. The van der Waals surface area contributed by atoms with Gasteiger partial charge < -0.3 is 14.5 Å². The first-order valence-corrected chi connectivity index (χ1v) is 11.1. The fourth-order valence-electron chi connectivity index (χ4n) is 4.13. The van der Waals surface area contributed by atoms with E-state index in [2.05, 4.69) is 53.1 Å². The zero-order chi connectivity index (χ0) is 22.3. The van der Waals surface area contributed by atoms with Crippen LogP contribution in [0.5, 0.6) is 5.75 Å². The number of piperazine rings is 1. The number of carbonyl (C=O) groups excluding carboxylic acids is 1. The Morgan fingerprint density at radius 3 is 2.38 bits per heavy atom. The molecule has 0 radical (unpaired) electrons. The van der Waals surface area contributed by atoms with Gasteiger partial charge in [0.25, 0.3) is 0 Å². The van der Waals surface area contributed by atoms with Gasteiger partial charge in [-0.05, 0) is 42.3 Å². The maximum atomic E-state index is 13.4. The van der Waals surface area contributed by atoms with Crippen molar-refractivity contribution in [3.8, 4) is 5.75 Å². The van der Waals surface area contributed by atoms with Crippen LogP contribution in [-0.4, -0.2) is 50.6 Å². The molecule has 0 aliphatic carbocycles. The molecule has 3 aromatic carbocycles. The lowest BCUT2D eigenvalue weighted by Crippen LogP contribution is -2.50. The van der Waals surface area contributed by atoms with Crippen molar-refractivity contribution in [1.82, 2.24) is 4.90 Å². The molecule has 1 amide bonds. The maximum Gasteiger partial charge on any atom is 0.241 e. The minimum absolute atomic E-state index is 0.134. The molecule has 166 valence electrons. The van der Waals surface area contributed by atoms with Gasteiger partial charge in [-0.1, -0.05) is 48.5 Å². The number of methoxy groups -OCH3 is 1. The van der Waals surface area contributed by atoms with Gasteiger partial charge in [0.1, 0.15) is 5.75 Å². The number of anilines is 2. The van der Waals surface area contributed by atoms with Crippen molar-refractivity contribution < 1.29 is 9.53 Å². The highest BCUT2D eigenvalue weighted by atomic mass is 16.5. The largest absolute Gasteiger partial charge is 0.497 e. The van der Waals surface area contributed by atoms with Crippen LogP contribution in [0.1, 0.15) is 11.1 Å². The van der Waals surface area contributed by atoms with E-state index in [0.717, 1.165) is 48.7 Å². The summed E-state index contributed by atoms with van der Waals surface area (Å²) in [6, 6.07) is 26.5. The van der Waals surface area contributed by atoms with Gasteiger partial charge in [0.2, 0.25) is 5.91 Å². The Labute approximate surface area is 190 Å². The molecule has 5 heteroatoms. The van der Waals surface area contributed by atoms with E-state index in [9.17, 15) is 4.79 Å². The minimum Gasteiger partial charge on any atom is -0.497 e. The average molecular weight is 430 g/mol. The Kier molecular flexibility index (Phi) is 7.07. The second-order valence-corrected chi connectivity index (χ2v) is 8.27. The molecule has 32 heavy (non-hydrogen) atoms. The molecule has 0 N–H and O–H groups in total. The number of hydrogen-bond acceptors (Lipinski definition) is 4. The highest BCUT2D eigenvalue weighted by molar-refractivity contribution is 5.94. The van der Waals surface area contributed by atoms with Gasteiger partial charge in [-0.25, -0.2) is 0 Å². The molecule has 1 fully saturated rings. The van der Waals surface area contributed by atoms with Gasteiger partial charge in [-0.15, -0.1) is 0 Å². The predicted molar refractivity (Wildman–Crippen MR) is 130 cm³/mol. The second kappa shape index (κ2) is 10.3. The van der Waals surface area contributed by atoms with E-state index >= 15 is 0 Å². The third-order valence-corrected chi connectivity index (χ3v) is 5.95. The van der Waals surface area contributed by atoms with E-state index < -0.39 is 0 Å². The standard InChI is InChI=1S/C27H31N3O2/c1-22-8-6-12-25(18-22)30(20-23-9-4-3-5-10-23)27(31)21-28-14-16-29(17-15-28)24-11-7-13-26(19-24)32-2/h3-13,18-19H,14-17,20-21H2,1-2H3. The van der Waals surface area contributed by atoms with E-state index in [4.69, 9.17) is 4.74 Å². The summed E-state index contributed by atoms with van der Waals surface area (Å²) in [4.78, 5) is 19.9. The van der Waals surface area contributed by atoms with E-state index in [-0.39, 0.29) is 5.91 Å². The molecule has 0 aromatic heterocycles. The summed E-state index contributed by atoms with van der Waals surface area (Å²) in [7, 11) is 1.69. The Morgan fingerprint density at radius 2 is 1.66 bits per heavy atom. The normalized spacial score (nSPS) is 14.2. The summed E-state index contributed by atoms with van der Waals surface area (Å²) in [6.07, 6.45) is 0. The van der Waals surface area contributed by atoms with Gasteiger partial charge in [-0.2, -0.15) is 0 Å². The molecule has 1 aliphatic rings. The molecule has 0 atom stereocenters. The lowest BCUT2D eigenvalue weighted by molar-refractivity contribution is -0.120. The number of carbonyl (C=O) groups is 1. The molecule has 0 bridgehead atoms. The van der Waals surface area contributed by atoms with Crippen molar-refractivity contribution in [2.75, 3.05) is 49.6 Å². The van der Waals surface area contributed by atoms with Crippen LogP contribution in [0.15, 0.2) is 78.9 Å². The van der Waals surface area contributed by atoms with Crippen LogP contribution in [0.25, 0.3) is 0 Å². The fourth-order valence-corrected chi connectivity index (χ4v) is 4.13. The van der Waals surface area contributed by atoms with Gasteiger partial charge in [0.05, 0.1) is 20.2 Å². The summed E-state index contributed by atoms with van der Waals surface area (Å²) in [5, 5.41) is 0. The van der Waals surface area contributed by atoms with Crippen LogP contribution in [0.2, 0.25) is 0 Å². The first kappa shape index (κ1) is 21.9. The van der Waals surface area contributed by atoms with Crippen molar-refractivity contribution in [1.29, 1.82) is 0 Å². The number of rotatable bonds is 7. The average Bonchev–Trinajstić information content (AvgIpc) is 2.83. The van der Waals surface area contributed by atoms with Gasteiger partial charge in [0.15, 0.2) is 0 Å². The van der Waals surface area contributed by atoms with Crippen molar-refractivity contribution in [3.05, 3.63) is 90.0 Å². The fraction of sp³-hybridized carbons (Fsp3) is 0.296. The summed E-state index contributed by atoms with van der Waals surface area (Å²) in [5.41, 5.74) is 4.40. The van der Waals surface area contributed by atoms with Crippen molar-refractivity contribution in [2.45, 2.75) is 13.5 Å². The van der Waals surface area contributed by atoms with Crippen LogP contribution in [-0.2, 0) is 11.3 Å². The molecule has 1 heterocycles. The number of hydrogen-bond donors (Lipinski definition) is 0. The topological polar surface area (TPSA) is 36.0 Å². The number of nitrogens with zero attached hydrogens (tertiary/aromatic N) is 3. The van der Waals surface area contributed by atoms with Crippen LogP contribution in [0.3, 0.4) is 0 Å². The number of ether oxygens (including phenoxy) is 1. The highest BCUT2D eigenvalue weighted by Crippen LogP contribution is 2.23. The van der Waals surface area contributed by atoms with Crippen LogP contribution in [0, 0.1) is 6.92 Å². The van der Waals surface area contributed by atoms with Gasteiger partial charge in [0, 0.05) is 43.6 Å². The Balaban J connectivity index is 1.42. The highest BCUT2D eigenvalue weighted by Gasteiger charge is 2.23. The predicted octanol–water partition coefficient (Wildman–Crippen LogP) is 4.36. The molecule has 0 saturated carbocycles. The molecular formula is C27H31N3O2. The van der Waals surface area contributed by atoms with Crippen LogP contribution >= 0.6 is 0 Å². The summed E-state index contributed by atoms with van der Waals surface area (Å²) >= 11 is 0. The van der Waals surface area contributed by atoms with E-state index in [1.807, 2.05) is 47.4 Å². The number of aryl methyl sites for hydroxylation is 1. The van der Waals surface area contributed by atoms with Gasteiger partial charge >= 0.3 is 0 Å². The van der Waals surface area contributed by atoms with Crippen LogP contribution < -0.4 is 14.5 Å². The van der Waals surface area contributed by atoms with Crippen LogP contribution in [0.4, 0.5) is 11.4 Å². The smallest absolute Gasteiger partial charge is 0.241 e. The Bertz CT molecular complexity index is 1030. The quantitative estimate of drug-likeness (QED) is 0.559. The summed E-state index contributed by atoms with van der Waals surface area (Å²) < 4.78 is 5.36. The first-order chi connectivity index (χ1) is 15.6. The maximum absolute atomic E-state index is 13.4. The van der Waals surface area contributed by atoms with Gasteiger partial charge in [-0.3, -0.25) is 9.69 Å². The van der Waals surface area contributed by atoms with Crippen molar-refractivity contribution in [2.24, 2.45) is 0 Å². The lowest BCUT2D eigenvalue weighted by Gasteiger charge is -2.36. The molecule has 4 rings (SSSR count). The Hall–Kier alpha value is -3.31. The molecule has 1 aliphatic heterocycles. The lowest BCUT2D eigenvalue weighted by atomic mass is 10.1. The number of benzene rings is 3. The molecule has 0 unspecified atom stereocenters. The third kappa shape index (κ3) is 5.48. The zero-order valence-electron chi connectivity index (χ0n) is 18.9. The molecule has 0 spiro atoms. The monoisotopic (exact) mass is 429 g/mol. The Morgan fingerprint density at radius 1 is 0.906 bits per heavy atom. The van der Waals surface area contributed by atoms with Crippen molar-refractivity contribution >= 4 is 17.3 Å². The summed E-state index contributed by atoms with van der Waals surface area (Å²) in [5.74, 6) is 1.00.